The molecule has 0 saturated carbocycles. The van der Waals surface area contributed by atoms with Crippen LogP contribution in [-0.2, 0) is 4.74 Å². The summed E-state index contributed by atoms with van der Waals surface area (Å²) in [7, 11) is 0. The van der Waals surface area contributed by atoms with Crippen LogP contribution >= 0.6 is 0 Å². The van der Waals surface area contributed by atoms with E-state index in [2.05, 4.69) is 0 Å². The van der Waals surface area contributed by atoms with Crippen molar-refractivity contribution in [3.63, 3.8) is 0 Å². The maximum atomic E-state index is 12.3. The van der Waals surface area contributed by atoms with Gasteiger partial charge in [-0.2, -0.15) is 0 Å². The quantitative estimate of drug-likeness (QED) is 0.272. The maximum absolute atomic E-state index is 12.3. The molecular formula is C22H17NO5. The minimum atomic E-state index is -0.898. The number of benzene rings is 3. The molecular weight excluding hydrogens is 358 g/mol. The number of hydrogen-bond acceptors (Lipinski definition) is 5. The van der Waals surface area contributed by atoms with Gasteiger partial charge < -0.3 is 4.74 Å². The van der Waals surface area contributed by atoms with Crippen LogP contribution in [0.4, 0.5) is 5.69 Å². The number of nitrogens with zero attached hydrogens (tertiary/aromatic N) is 1. The summed E-state index contributed by atoms with van der Waals surface area (Å²) in [5.74, 6) is -1.28. The van der Waals surface area contributed by atoms with Crippen LogP contribution in [0.3, 0.4) is 0 Å². The van der Waals surface area contributed by atoms with E-state index in [1.54, 1.807) is 12.1 Å². The number of para-hydroxylation sites is 1. The van der Waals surface area contributed by atoms with Crippen molar-refractivity contribution < 1.29 is 19.2 Å². The Bertz CT molecular complexity index is 1030. The van der Waals surface area contributed by atoms with E-state index >= 15 is 0 Å². The Balaban J connectivity index is 1.68. The molecule has 0 aliphatic carbocycles. The fourth-order valence-corrected chi connectivity index (χ4v) is 2.84. The number of nitro groups is 1. The minimum absolute atomic E-state index is 0.169. The summed E-state index contributed by atoms with van der Waals surface area (Å²) in [6.07, 6.45) is 0. The van der Waals surface area contributed by atoms with Crippen LogP contribution in [0.15, 0.2) is 72.8 Å². The molecule has 0 aromatic heterocycles. The van der Waals surface area contributed by atoms with E-state index in [0.29, 0.717) is 11.1 Å². The second kappa shape index (κ2) is 8.26. The van der Waals surface area contributed by atoms with Gasteiger partial charge in [-0.1, -0.05) is 66.7 Å². The second-order valence-corrected chi connectivity index (χ2v) is 6.17. The number of ether oxygens (including phenoxy) is 1. The Labute approximate surface area is 161 Å². The smallest absolute Gasteiger partial charge is 0.345 e. The summed E-state index contributed by atoms with van der Waals surface area (Å²) in [5.41, 5.74) is 2.25. The largest absolute Gasteiger partial charge is 0.454 e. The molecule has 0 N–H and O–H groups in total. The number of carbonyl (C=O) groups is 2. The Kier molecular flexibility index (Phi) is 5.60. The highest BCUT2D eigenvalue weighted by Crippen LogP contribution is 2.24. The number of rotatable bonds is 6. The van der Waals surface area contributed by atoms with E-state index in [4.69, 9.17) is 4.74 Å². The van der Waals surface area contributed by atoms with Gasteiger partial charge in [0, 0.05) is 11.1 Å². The average molecular weight is 375 g/mol. The van der Waals surface area contributed by atoms with Crippen LogP contribution in [0, 0.1) is 17.0 Å². The third-order valence-corrected chi connectivity index (χ3v) is 4.29. The maximum Gasteiger partial charge on any atom is 0.345 e. The second-order valence-electron chi connectivity index (χ2n) is 6.17. The number of esters is 1. The molecule has 0 unspecified atom stereocenters. The summed E-state index contributed by atoms with van der Waals surface area (Å²) < 4.78 is 5.01. The Morgan fingerprint density at radius 2 is 1.54 bits per heavy atom. The van der Waals surface area contributed by atoms with Crippen molar-refractivity contribution >= 4 is 17.4 Å². The van der Waals surface area contributed by atoms with E-state index in [0.717, 1.165) is 11.1 Å². The fourth-order valence-electron chi connectivity index (χ4n) is 2.84. The Hall–Kier alpha value is -3.80. The van der Waals surface area contributed by atoms with Gasteiger partial charge in [0.15, 0.2) is 12.4 Å². The van der Waals surface area contributed by atoms with Crippen LogP contribution in [-0.4, -0.2) is 23.3 Å². The lowest BCUT2D eigenvalue weighted by Crippen LogP contribution is -2.15. The predicted octanol–water partition coefficient (Wildman–Crippen LogP) is 4.61. The molecule has 3 rings (SSSR count). The topological polar surface area (TPSA) is 86.5 Å². The highest BCUT2D eigenvalue weighted by Gasteiger charge is 2.24. The number of hydrogen-bond donors (Lipinski definition) is 0. The van der Waals surface area contributed by atoms with Crippen molar-refractivity contribution in [1.29, 1.82) is 0 Å². The number of Topliss-reactive ketones (excluding diaryl/α,β-unsaturated/α-hetero) is 1. The van der Waals surface area contributed by atoms with Crippen LogP contribution in [0.25, 0.3) is 11.1 Å². The zero-order valence-corrected chi connectivity index (χ0v) is 15.1. The zero-order chi connectivity index (χ0) is 20.1. The van der Waals surface area contributed by atoms with E-state index in [9.17, 15) is 19.7 Å². The lowest BCUT2D eigenvalue weighted by Gasteiger charge is -2.07. The van der Waals surface area contributed by atoms with Crippen molar-refractivity contribution in [2.75, 3.05) is 6.61 Å². The first-order chi connectivity index (χ1) is 13.5. The summed E-state index contributed by atoms with van der Waals surface area (Å²) in [6.45, 7) is 1.04. The fraction of sp³-hybridized carbons (Fsp3) is 0.0909. The third kappa shape index (κ3) is 4.12. The minimum Gasteiger partial charge on any atom is -0.454 e. The van der Waals surface area contributed by atoms with Gasteiger partial charge >= 0.3 is 5.97 Å². The van der Waals surface area contributed by atoms with Gasteiger partial charge in [0.25, 0.3) is 5.69 Å². The zero-order valence-electron chi connectivity index (χ0n) is 15.1. The van der Waals surface area contributed by atoms with Gasteiger partial charge in [0.1, 0.15) is 5.56 Å². The van der Waals surface area contributed by atoms with Crippen LogP contribution < -0.4 is 0 Å². The molecule has 0 fully saturated rings. The van der Waals surface area contributed by atoms with E-state index in [1.807, 2.05) is 42.5 Å². The van der Waals surface area contributed by atoms with Crippen molar-refractivity contribution in [1.82, 2.24) is 0 Å². The van der Waals surface area contributed by atoms with Crippen LogP contribution in [0.1, 0.15) is 26.3 Å². The molecule has 3 aromatic rings. The first-order valence-electron chi connectivity index (χ1n) is 8.57. The average Bonchev–Trinajstić information content (AvgIpc) is 2.72. The van der Waals surface area contributed by atoms with Gasteiger partial charge in [0.2, 0.25) is 0 Å². The molecule has 0 aliphatic rings. The van der Waals surface area contributed by atoms with Crippen molar-refractivity contribution in [3.8, 4) is 11.1 Å². The highest BCUT2D eigenvalue weighted by atomic mass is 16.6. The number of carbonyl (C=O) groups excluding carboxylic acids is 2. The molecule has 0 saturated heterocycles. The van der Waals surface area contributed by atoms with Gasteiger partial charge in [-0.25, -0.2) is 4.79 Å². The summed E-state index contributed by atoms with van der Waals surface area (Å²) >= 11 is 0. The first-order valence-corrected chi connectivity index (χ1v) is 8.57. The van der Waals surface area contributed by atoms with Crippen molar-refractivity contribution in [3.05, 3.63) is 99.6 Å². The molecule has 3 aromatic carbocycles. The SMILES string of the molecule is Cc1cccc(C(=O)OCC(=O)c2ccc(-c3ccccc3)cc2)c1[N+](=O)[O-]. The van der Waals surface area contributed by atoms with E-state index < -0.39 is 17.5 Å². The van der Waals surface area contributed by atoms with Gasteiger partial charge in [-0.3, -0.25) is 14.9 Å². The van der Waals surface area contributed by atoms with Crippen molar-refractivity contribution in [2.24, 2.45) is 0 Å². The molecule has 0 bridgehead atoms. The van der Waals surface area contributed by atoms with Crippen molar-refractivity contribution in [2.45, 2.75) is 6.92 Å². The summed E-state index contributed by atoms with van der Waals surface area (Å²) in [5, 5.41) is 11.2. The first kappa shape index (κ1) is 19.0. The standard InChI is InChI=1S/C22H17NO5/c1-15-6-5-9-19(21(15)23(26)27)22(25)28-14-20(24)18-12-10-17(11-13-18)16-7-3-2-4-8-16/h2-13H,14H2,1H3. The molecule has 0 spiro atoms. The lowest BCUT2D eigenvalue weighted by atomic mass is 10.0. The molecule has 6 heteroatoms. The summed E-state index contributed by atoms with van der Waals surface area (Å²) in [6, 6.07) is 21.0. The van der Waals surface area contributed by atoms with Gasteiger partial charge in [0.05, 0.1) is 4.92 Å². The molecule has 0 radical (unpaired) electrons. The normalized spacial score (nSPS) is 10.3. The van der Waals surface area contributed by atoms with Gasteiger partial charge in [-0.15, -0.1) is 0 Å². The molecule has 28 heavy (non-hydrogen) atoms. The molecule has 0 aliphatic heterocycles. The van der Waals surface area contributed by atoms with Crippen LogP contribution in [0.2, 0.25) is 0 Å². The van der Waals surface area contributed by atoms with E-state index in [1.165, 1.54) is 25.1 Å². The third-order valence-electron chi connectivity index (χ3n) is 4.29. The highest BCUT2D eigenvalue weighted by molar-refractivity contribution is 6.00. The molecule has 0 heterocycles. The number of nitro benzene ring substituents is 1. The Morgan fingerprint density at radius 1 is 0.893 bits per heavy atom. The monoisotopic (exact) mass is 375 g/mol. The number of aryl methyl sites for hydroxylation is 1. The molecule has 6 nitrogen and oxygen atoms in total. The lowest BCUT2D eigenvalue weighted by molar-refractivity contribution is -0.385. The summed E-state index contributed by atoms with van der Waals surface area (Å²) in [4.78, 5) is 35.1. The molecule has 140 valence electrons. The molecule has 0 atom stereocenters. The predicted molar refractivity (Wildman–Crippen MR) is 104 cm³/mol. The van der Waals surface area contributed by atoms with E-state index in [-0.39, 0.29) is 17.0 Å². The van der Waals surface area contributed by atoms with Crippen LogP contribution in [0.5, 0.6) is 0 Å². The Morgan fingerprint density at radius 3 is 2.18 bits per heavy atom. The van der Waals surface area contributed by atoms with Gasteiger partial charge in [-0.05, 0) is 24.1 Å². The number of ketones is 1. The molecule has 0 amide bonds.